The summed E-state index contributed by atoms with van der Waals surface area (Å²) in [5, 5.41) is 19.2. The molecule has 0 aliphatic rings. The van der Waals surface area contributed by atoms with Gasteiger partial charge in [0.1, 0.15) is 17.0 Å². The summed E-state index contributed by atoms with van der Waals surface area (Å²) in [6.45, 7) is 1.84. The SMILES string of the molecule is Cc1cc(O)cc2oc(-c3ccc(O)cc3Cl)nc12. The molecule has 0 aliphatic heterocycles. The van der Waals surface area contributed by atoms with E-state index >= 15 is 0 Å². The molecule has 0 amide bonds. The monoisotopic (exact) mass is 275 g/mol. The van der Waals surface area contributed by atoms with E-state index in [1.807, 2.05) is 6.92 Å². The van der Waals surface area contributed by atoms with Crippen molar-refractivity contribution in [2.75, 3.05) is 0 Å². The van der Waals surface area contributed by atoms with Gasteiger partial charge in [0.25, 0.3) is 0 Å². The van der Waals surface area contributed by atoms with Crippen LogP contribution in [0.4, 0.5) is 0 Å². The average molecular weight is 276 g/mol. The van der Waals surface area contributed by atoms with E-state index < -0.39 is 0 Å². The Kier molecular flexibility index (Phi) is 2.61. The molecule has 5 heteroatoms. The summed E-state index contributed by atoms with van der Waals surface area (Å²) < 4.78 is 5.60. The maximum absolute atomic E-state index is 9.53. The van der Waals surface area contributed by atoms with E-state index in [1.165, 1.54) is 18.2 Å². The lowest BCUT2D eigenvalue weighted by molar-refractivity contribution is 0.474. The van der Waals surface area contributed by atoms with Gasteiger partial charge in [-0.25, -0.2) is 4.98 Å². The smallest absolute Gasteiger partial charge is 0.228 e. The largest absolute Gasteiger partial charge is 0.508 e. The Morgan fingerprint density at radius 3 is 2.63 bits per heavy atom. The molecule has 1 heterocycles. The molecule has 0 fully saturated rings. The first kappa shape index (κ1) is 11.9. The van der Waals surface area contributed by atoms with E-state index in [1.54, 1.807) is 12.1 Å². The van der Waals surface area contributed by atoms with Crippen molar-refractivity contribution in [3.05, 3.63) is 40.9 Å². The van der Waals surface area contributed by atoms with Crippen LogP contribution in [0.25, 0.3) is 22.6 Å². The molecule has 2 aromatic carbocycles. The molecule has 0 bridgehead atoms. The second-order valence-corrected chi connectivity index (χ2v) is 4.70. The van der Waals surface area contributed by atoms with E-state index in [0.717, 1.165) is 5.56 Å². The van der Waals surface area contributed by atoms with E-state index in [0.29, 0.717) is 27.6 Å². The molecule has 0 unspecified atom stereocenters. The summed E-state index contributed by atoms with van der Waals surface area (Å²) in [5.41, 5.74) is 2.59. The second kappa shape index (κ2) is 4.17. The molecular weight excluding hydrogens is 266 g/mol. The van der Waals surface area contributed by atoms with Gasteiger partial charge in [0.2, 0.25) is 5.89 Å². The zero-order chi connectivity index (χ0) is 13.6. The number of benzene rings is 2. The topological polar surface area (TPSA) is 66.5 Å². The number of fused-ring (bicyclic) bond motifs is 1. The number of hydrogen-bond acceptors (Lipinski definition) is 4. The van der Waals surface area contributed by atoms with Gasteiger partial charge in [-0.15, -0.1) is 0 Å². The molecule has 0 saturated heterocycles. The summed E-state index contributed by atoms with van der Waals surface area (Å²) in [4.78, 5) is 4.37. The van der Waals surface area contributed by atoms with Crippen LogP contribution in [-0.2, 0) is 0 Å². The van der Waals surface area contributed by atoms with Crippen LogP contribution in [0.2, 0.25) is 5.02 Å². The zero-order valence-corrected chi connectivity index (χ0v) is 10.8. The van der Waals surface area contributed by atoms with Crippen LogP contribution in [0, 0.1) is 6.92 Å². The zero-order valence-electron chi connectivity index (χ0n) is 10.0. The second-order valence-electron chi connectivity index (χ2n) is 4.29. The van der Waals surface area contributed by atoms with Gasteiger partial charge >= 0.3 is 0 Å². The summed E-state index contributed by atoms with van der Waals surface area (Å²) in [6.07, 6.45) is 0. The van der Waals surface area contributed by atoms with E-state index in [2.05, 4.69) is 4.98 Å². The Morgan fingerprint density at radius 1 is 1.11 bits per heavy atom. The summed E-state index contributed by atoms with van der Waals surface area (Å²) in [7, 11) is 0. The van der Waals surface area contributed by atoms with Crippen LogP contribution < -0.4 is 0 Å². The third-order valence-electron chi connectivity index (χ3n) is 2.85. The quantitative estimate of drug-likeness (QED) is 0.707. The number of nitrogens with zero attached hydrogens (tertiary/aromatic N) is 1. The number of phenols is 2. The molecule has 19 heavy (non-hydrogen) atoms. The Morgan fingerprint density at radius 2 is 1.89 bits per heavy atom. The summed E-state index contributed by atoms with van der Waals surface area (Å²) in [5.74, 6) is 0.567. The maximum Gasteiger partial charge on any atom is 0.228 e. The van der Waals surface area contributed by atoms with Crippen molar-refractivity contribution < 1.29 is 14.6 Å². The van der Waals surface area contributed by atoms with E-state index in [4.69, 9.17) is 16.0 Å². The van der Waals surface area contributed by atoms with Gasteiger partial charge in [0.05, 0.1) is 10.6 Å². The van der Waals surface area contributed by atoms with Crippen LogP contribution in [0.15, 0.2) is 34.7 Å². The van der Waals surface area contributed by atoms with Gasteiger partial charge in [-0.2, -0.15) is 0 Å². The molecule has 0 aliphatic carbocycles. The van der Waals surface area contributed by atoms with Crippen molar-refractivity contribution in [3.8, 4) is 23.0 Å². The molecular formula is C14H10ClNO3. The number of oxazole rings is 1. The lowest BCUT2D eigenvalue weighted by Crippen LogP contribution is -1.80. The first-order valence-corrected chi connectivity index (χ1v) is 6.01. The number of rotatable bonds is 1. The minimum absolute atomic E-state index is 0.0821. The number of phenolic OH excluding ortho intramolecular Hbond substituents is 2. The van der Waals surface area contributed by atoms with Crippen LogP contribution in [-0.4, -0.2) is 15.2 Å². The first-order chi connectivity index (χ1) is 9.04. The number of aryl methyl sites for hydroxylation is 1. The van der Waals surface area contributed by atoms with Gasteiger partial charge in [-0.1, -0.05) is 11.6 Å². The Labute approximate surface area is 113 Å². The van der Waals surface area contributed by atoms with Crippen molar-refractivity contribution in [3.63, 3.8) is 0 Å². The Bertz CT molecular complexity index is 780. The van der Waals surface area contributed by atoms with Gasteiger partial charge in [0.15, 0.2) is 5.58 Å². The minimum atomic E-state index is 0.0821. The highest BCUT2D eigenvalue weighted by Crippen LogP contribution is 2.34. The van der Waals surface area contributed by atoms with Crippen molar-refractivity contribution in [2.24, 2.45) is 0 Å². The van der Waals surface area contributed by atoms with E-state index in [9.17, 15) is 10.2 Å². The molecule has 96 valence electrons. The fourth-order valence-corrected chi connectivity index (χ4v) is 2.23. The molecule has 0 saturated carbocycles. The third-order valence-corrected chi connectivity index (χ3v) is 3.17. The number of hydrogen-bond donors (Lipinski definition) is 2. The van der Waals surface area contributed by atoms with Crippen molar-refractivity contribution in [1.29, 1.82) is 0 Å². The Hall–Kier alpha value is -2.20. The molecule has 3 rings (SSSR count). The molecule has 0 atom stereocenters. The molecule has 1 aromatic heterocycles. The minimum Gasteiger partial charge on any atom is -0.508 e. The fourth-order valence-electron chi connectivity index (χ4n) is 1.97. The highest BCUT2D eigenvalue weighted by Gasteiger charge is 2.14. The normalized spacial score (nSPS) is 11.1. The molecule has 0 radical (unpaired) electrons. The molecule has 3 aromatic rings. The summed E-state index contributed by atoms with van der Waals surface area (Å²) >= 11 is 6.05. The lowest BCUT2D eigenvalue weighted by Gasteiger charge is -1.99. The van der Waals surface area contributed by atoms with Crippen LogP contribution >= 0.6 is 11.6 Å². The van der Waals surface area contributed by atoms with Crippen LogP contribution in [0.5, 0.6) is 11.5 Å². The number of aromatic hydroxyl groups is 2. The van der Waals surface area contributed by atoms with Gasteiger partial charge in [0, 0.05) is 6.07 Å². The molecule has 2 N–H and O–H groups in total. The highest BCUT2D eigenvalue weighted by molar-refractivity contribution is 6.33. The third kappa shape index (κ3) is 2.00. The molecule has 4 nitrogen and oxygen atoms in total. The predicted octanol–water partition coefficient (Wildman–Crippen LogP) is 3.87. The average Bonchev–Trinajstić information content (AvgIpc) is 2.72. The van der Waals surface area contributed by atoms with E-state index in [-0.39, 0.29) is 11.5 Å². The van der Waals surface area contributed by atoms with Gasteiger partial charge in [-0.05, 0) is 36.8 Å². The number of aromatic nitrogens is 1. The van der Waals surface area contributed by atoms with Crippen molar-refractivity contribution in [1.82, 2.24) is 4.98 Å². The van der Waals surface area contributed by atoms with Crippen LogP contribution in [0.3, 0.4) is 0 Å². The Balaban J connectivity index is 2.23. The number of halogens is 1. The first-order valence-electron chi connectivity index (χ1n) is 5.63. The van der Waals surface area contributed by atoms with Crippen LogP contribution in [0.1, 0.15) is 5.56 Å². The summed E-state index contributed by atoms with van der Waals surface area (Å²) in [6, 6.07) is 7.70. The van der Waals surface area contributed by atoms with Crippen molar-refractivity contribution in [2.45, 2.75) is 6.92 Å². The highest BCUT2D eigenvalue weighted by atomic mass is 35.5. The van der Waals surface area contributed by atoms with Gasteiger partial charge in [-0.3, -0.25) is 0 Å². The fraction of sp³-hybridized carbons (Fsp3) is 0.0714. The lowest BCUT2D eigenvalue weighted by atomic mass is 10.2. The standard InChI is InChI=1S/C14H10ClNO3/c1-7-4-9(18)6-12-13(7)16-14(19-12)10-3-2-8(17)5-11(10)15/h2-6,17-18H,1H3. The maximum atomic E-state index is 9.53. The molecule has 0 spiro atoms. The predicted molar refractivity (Wildman–Crippen MR) is 72.5 cm³/mol. The van der Waals surface area contributed by atoms with Crippen molar-refractivity contribution >= 4 is 22.7 Å². The van der Waals surface area contributed by atoms with Gasteiger partial charge < -0.3 is 14.6 Å².